The summed E-state index contributed by atoms with van der Waals surface area (Å²) < 4.78 is 23.3. The van der Waals surface area contributed by atoms with Gasteiger partial charge in [0.15, 0.2) is 0 Å². The van der Waals surface area contributed by atoms with Crippen molar-refractivity contribution in [1.29, 1.82) is 0 Å². The molecule has 0 aliphatic heterocycles. The van der Waals surface area contributed by atoms with E-state index in [2.05, 4.69) is 4.98 Å². The lowest BCUT2D eigenvalue weighted by molar-refractivity contribution is -0.136. The smallest absolute Gasteiger partial charge is 0.303 e. The Hall–Kier alpha value is -4.26. The number of aliphatic carboxylic acids is 1. The average molecular weight is 488 g/mol. The van der Waals surface area contributed by atoms with Gasteiger partial charge in [-0.3, -0.25) is 4.79 Å². The molecule has 1 N–H and O–H groups in total. The molecule has 36 heavy (non-hydrogen) atoms. The van der Waals surface area contributed by atoms with Crippen molar-refractivity contribution in [1.82, 2.24) is 4.98 Å². The monoisotopic (exact) mass is 487 g/mol. The summed E-state index contributed by atoms with van der Waals surface area (Å²) in [7, 11) is 0. The van der Waals surface area contributed by atoms with Crippen molar-refractivity contribution in [2.45, 2.75) is 39.9 Å². The zero-order valence-electron chi connectivity index (χ0n) is 20.4. The Labute approximate surface area is 210 Å². The lowest BCUT2D eigenvalue weighted by Crippen LogP contribution is -2.03. The molecule has 0 saturated carbocycles. The van der Waals surface area contributed by atoms with E-state index in [1.54, 1.807) is 0 Å². The van der Waals surface area contributed by atoms with Gasteiger partial charge in [0.1, 0.15) is 41.9 Å². The van der Waals surface area contributed by atoms with Crippen molar-refractivity contribution in [3.05, 3.63) is 95.4 Å². The van der Waals surface area contributed by atoms with Crippen molar-refractivity contribution in [2.24, 2.45) is 0 Å². The summed E-state index contributed by atoms with van der Waals surface area (Å²) in [5, 5.41) is 9.06. The zero-order valence-corrected chi connectivity index (χ0v) is 20.4. The molecule has 7 nitrogen and oxygen atoms in total. The van der Waals surface area contributed by atoms with Crippen LogP contribution >= 0.6 is 0 Å². The first-order valence-electron chi connectivity index (χ1n) is 11.9. The largest absolute Gasteiger partial charge is 0.494 e. The molecule has 4 rings (SSSR count). The number of carbonyl (C=O) groups is 1. The highest BCUT2D eigenvalue weighted by atomic mass is 16.5. The van der Waals surface area contributed by atoms with E-state index < -0.39 is 5.97 Å². The highest BCUT2D eigenvalue weighted by molar-refractivity contribution is 5.67. The summed E-state index contributed by atoms with van der Waals surface area (Å²) in [6.07, 6.45) is 0.390. The quantitative estimate of drug-likeness (QED) is 0.253. The van der Waals surface area contributed by atoms with Crippen LogP contribution in [0.15, 0.2) is 77.2 Å². The predicted octanol–water partition coefficient (Wildman–Crippen LogP) is 6.22. The van der Waals surface area contributed by atoms with Gasteiger partial charge in [-0.2, -0.15) is 0 Å². The van der Waals surface area contributed by atoms with Crippen LogP contribution in [0.25, 0.3) is 11.5 Å². The minimum absolute atomic E-state index is 0.0236. The molecule has 0 amide bonds. The van der Waals surface area contributed by atoms with E-state index in [0.29, 0.717) is 49.4 Å². The minimum atomic E-state index is -0.851. The lowest BCUT2D eigenvalue weighted by atomic mass is 10.1. The van der Waals surface area contributed by atoms with Crippen LogP contribution in [0.3, 0.4) is 0 Å². The van der Waals surface area contributed by atoms with Crippen molar-refractivity contribution in [2.75, 3.05) is 6.61 Å². The zero-order chi connectivity index (χ0) is 25.3. The summed E-state index contributed by atoms with van der Waals surface area (Å²) in [6, 6.07) is 22.9. The van der Waals surface area contributed by atoms with Gasteiger partial charge in [-0.15, -0.1) is 0 Å². The lowest BCUT2D eigenvalue weighted by Gasteiger charge is -2.13. The van der Waals surface area contributed by atoms with Gasteiger partial charge in [0, 0.05) is 12.0 Å². The fourth-order valence-electron chi connectivity index (χ4n) is 3.65. The molecule has 0 fully saturated rings. The van der Waals surface area contributed by atoms with Crippen LogP contribution < -0.4 is 14.2 Å². The molecule has 4 aromatic rings. The van der Waals surface area contributed by atoms with Crippen molar-refractivity contribution in [3.63, 3.8) is 0 Å². The molecule has 0 aliphatic rings. The van der Waals surface area contributed by atoms with E-state index in [1.165, 1.54) is 0 Å². The van der Waals surface area contributed by atoms with Gasteiger partial charge in [-0.1, -0.05) is 30.3 Å². The number of aromatic nitrogens is 1. The molecule has 0 radical (unpaired) electrons. The van der Waals surface area contributed by atoms with Gasteiger partial charge in [0.2, 0.25) is 5.89 Å². The second-order valence-corrected chi connectivity index (χ2v) is 8.21. The Morgan fingerprint density at radius 2 is 1.67 bits per heavy atom. The number of nitrogens with zero attached hydrogens (tertiary/aromatic N) is 1. The summed E-state index contributed by atoms with van der Waals surface area (Å²) >= 11 is 0. The van der Waals surface area contributed by atoms with Crippen molar-refractivity contribution in [3.8, 4) is 28.7 Å². The number of hydrogen-bond donors (Lipinski definition) is 1. The van der Waals surface area contributed by atoms with E-state index in [1.807, 2.05) is 86.6 Å². The van der Waals surface area contributed by atoms with Crippen LogP contribution in [0.1, 0.15) is 35.9 Å². The maximum Gasteiger partial charge on any atom is 0.303 e. The van der Waals surface area contributed by atoms with Gasteiger partial charge in [0.05, 0.1) is 6.61 Å². The Morgan fingerprint density at radius 1 is 0.917 bits per heavy atom. The fraction of sp³-hybridized carbons (Fsp3) is 0.241. The third kappa shape index (κ3) is 6.66. The van der Waals surface area contributed by atoms with Crippen LogP contribution in [0.5, 0.6) is 17.2 Å². The number of oxazole rings is 1. The number of aryl methyl sites for hydroxylation is 2. The van der Waals surface area contributed by atoms with Crippen molar-refractivity contribution < 1.29 is 28.5 Å². The minimum Gasteiger partial charge on any atom is -0.494 e. The first-order chi connectivity index (χ1) is 17.5. The van der Waals surface area contributed by atoms with Crippen LogP contribution in [-0.4, -0.2) is 22.7 Å². The summed E-state index contributed by atoms with van der Waals surface area (Å²) in [5.74, 6) is 2.52. The first kappa shape index (κ1) is 24.9. The normalized spacial score (nSPS) is 10.7. The molecule has 3 aromatic carbocycles. The highest BCUT2D eigenvalue weighted by Gasteiger charge is 2.12. The Balaban J connectivity index is 1.35. The number of rotatable bonds is 12. The molecule has 0 bridgehead atoms. The molecule has 7 heteroatoms. The van der Waals surface area contributed by atoms with Crippen LogP contribution in [0.2, 0.25) is 0 Å². The third-order valence-corrected chi connectivity index (χ3v) is 5.56. The van der Waals surface area contributed by atoms with E-state index in [-0.39, 0.29) is 6.42 Å². The van der Waals surface area contributed by atoms with E-state index in [4.69, 9.17) is 23.7 Å². The SMILES string of the molecule is CCOc1ccc(OCc2ccc(OCc3nc(-c4ccccc4)oc3C)cc2)c(CCC(=O)O)c1. The standard InChI is InChI=1S/C29H29NO6/c1-3-33-25-14-15-27(23(17-25)11-16-28(31)32)35-18-21-9-12-24(13-10-21)34-19-26-20(2)36-29(30-26)22-7-5-4-6-8-22/h4-10,12-15,17H,3,11,16,18-19H2,1-2H3,(H,31,32). The number of hydrogen-bond acceptors (Lipinski definition) is 6. The molecule has 0 atom stereocenters. The number of carboxylic acids is 1. The molecule has 0 spiro atoms. The molecule has 1 heterocycles. The van der Waals surface area contributed by atoms with E-state index >= 15 is 0 Å². The molecule has 0 aliphatic carbocycles. The van der Waals surface area contributed by atoms with Gasteiger partial charge in [-0.05, 0) is 73.9 Å². The summed E-state index contributed by atoms with van der Waals surface area (Å²) in [5.41, 5.74) is 3.45. The van der Waals surface area contributed by atoms with E-state index in [0.717, 1.165) is 28.1 Å². The molecular formula is C29H29NO6. The predicted molar refractivity (Wildman–Crippen MR) is 135 cm³/mol. The van der Waals surface area contributed by atoms with E-state index in [9.17, 15) is 4.79 Å². The number of ether oxygens (including phenoxy) is 3. The van der Waals surface area contributed by atoms with Crippen LogP contribution in [0, 0.1) is 6.92 Å². The van der Waals surface area contributed by atoms with Crippen molar-refractivity contribution >= 4 is 5.97 Å². The fourth-order valence-corrected chi connectivity index (χ4v) is 3.65. The van der Waals surface area contributed by atoms with Gasteiger partial charge in [-0.25, -0.2) is 4.98 Å². The molecule has 1 aromatic heterocycles. The second kappa shape index (κ2) is 11.9. The molecule has 186 valence electrons. The third-order valence-electron chi connectivity index (χ3n) is 5.56. The molecule has 0 saturated heterocycles. The average Bonchev–Trinajstić information content (AvgIpc) is 3.27. The topological polar surface area (TPSA) is 91.0 Å². The Bertz CT molecular complexity index is 1280. The highest BCUT2D eigenvalue weighted by Crippen LogP contribution is 2.27. The van der Waals surface area contributed by atoms with Crippen LogP contribution in [0.4, 0.5) is 0 Å². The molecular weight excluding hydrogens is 458 g/mol. The maximum atomic E-state index is 11.0. The first-order valence-corrected chi connectivity index (χ1v) is 11.9. The van der Waals surface area contributed by atoms with Gasteiger partial charge < -0.3 is 23.7 Å². The Kier molecular flexibility index (Phi) is 8.24. The van der Waals surface area contributed by atoms with Gasteiger partial charge in [0.25, 0.3) is 0 Å². The van der Waals surface area contributed by atoms with Gasteiger partial charge >= 0.3 is 5.97 Å². The van der Waals surface area contributed by atoms with Crippen LogP contribution in [-0.2, 0) is 24.4 Å². The number of benzene rings is 3. The second-order valence-electron chi connectivity index (χ2n) is 8.21. The molecule has 0 unspecified atom stereocenters. The maximum absolute atomic E-state index is 11.0. The summed E-state index contributed by atoms with van der Waals surface area (Å²) in [4.78, 5) is 15.6. The summed E-state index contributed by atoms with van der Waals surface area (Å²) in [6.45, 7) is 4.97. The Morgan fingerprint density at radius 3 is 2.39 bits per heavy atom. The number of carboxylic acid groups (broad SMARTS) is 1.